The number of hydrogen-bond donors (Lipinski definition) is 2. The lowest BCUT2D eigenvalue weighted by atomic mass is 10.3. The Bertz CT molecular complexity index is 547. The van der Waals surface area contributed by atoms with E-state index in [9.17, 15) is 4.79 Å². The van der Waals surface area contributed by atoms with Gasteiger partial charge in [0.2, 0.25) is 0 Å². The molecule has 18 heavy (non-hydrogen) atoms. The van der Waals surface area contributed by atoms with Gasteiger partial charge in [0.1, 0.15) is 9.88 Å². The standard InChI is InChI=1S/C12H15N3OS2/c1-3-8-6-14-12(18-8)7(2)15-11(16)10-9(13)4-5-17-10/h4-7H,3,13H2,1-2H3,(H,15,16). The van der Waals surface area contributed by atoms with Crippen molar-refractivity contribution in [3.8, 4) is 0 Å². The van der Waals surface area contributed by atoms with Crippen LogP contribution < -0.4 is 11.1 Å². The minimum Gasteiger partial charge on any atom is -0.397 e. The van der Waals surface area contributed by atoms with Crippen LogP contribution in [0.25, 0.3) is 0 Å². The smallest absolute Gasteiger partial charge is 0.264 e. The average molecular weight is 281 g/mol. The number of carbonyl (C=O) groups excluding carboxylic acids is 1. The van der Waals surface area contributed by atoms with Gasteiger partial charge in [-0.1, -0.05) is 6.92 Å². The van der Waals surface area contributed by atoms with Crippen LogP contribution in [0.2, 0.25) is 0 Å². The van der Waals surface area contributed by atoms with Crippen LogP contribution in [0, 0.1) is 0 Å². The molecular weight excluding hydrogens is 266 g/mol. The van der Waals surface area contributed by atoms with Crippen LogP contribution in [-0.4, -0.2) is 10.9 Å². The molecular formula is C12H15N3OS2. The maximum Gasteiger partial charge on any atom is 0.264 e. The largest absolute Gasteiger partial charge is 0.397 e. The molecule has 1 amide bonds. The summed E-state index contributed by atoms with van der Waals surface area (Å²) in [5.41, 5.74) is 6.24. The molecule has 2 aromatic heterocycles. The number of amides is 1. The summed E-state index contributed by atoms with van der Waals surface area (Å²) >= 11 is 2.98. The SMILES string of the molecule is CCc1cnc(C(C)NC(=O)c2sccc2N)s1. The van der Waals surface area contributed by atoms with Gasteiger partial charge in [0.15, 0.2) is 0 Å². The van der Waals surface area contributed by atoms with Gasteiger partial charge in [-0.25, -0.2) is 4.98 Å². The second-order valence-electron chi connectivity index (χ2n) is 3.92. The summed E-state index contributed by atoms with van der Waals surface area (Å²) in [5, 5.41) is 5.66. The molecule has 0 saturated carbocycles. The summed E-state index contributed by atoms with van der Waals surface area (Å²) < 4.78 is 0. The third-order valence-corrected chi connectivity index (χ3v) is 4.79. The Balaban J connectivity index is 2.05. The van der Waals surface area contributed by atoms with E-state index in [4.69, 9.17) is 5.73 Å². The van der Waals surface area contributed by atoms with Crippen molar-refractivity contribution in [3.05, 3.63) is 32.4 Å². The predicted molar refractivity (Wildman–Crippen MR) is 76.1 cm³/mol. The number of carbonyl (C=O) groups is 1. The van der Waals surface area contributed by atoms with E-state index in [1.54, 1.807) is 17.4 Å². The monoisotopic (exact) mass is 281 g/mol. The van der Waals surface area contributed by atoms with Gasteiger partial charge < -0.3 is 11.1 Å². The first kappa shape index (κ1) is 13.0. The van der Waals surface area contributed by atoms with Crippen LogP contribution >= 0.6 is 22.7 Å². The molecule has 0 radical (unpaired) electrons. The highest BCUT2D eigenvalue weighted by molar-refractivity contribution is 7.12. The van der Waals surface area contributed by atoms with E-state index in [0.717, 1.165) is 11.4 Å². The van der Waals surface area contributed by atoms with Crippen molar-refractivity contribution in [1.29, 1.82) is 0 Å². The quantitative estimate of drug-likeness (QED) is 0.905. The summed E-state index contributed by atoms with van der Waals surface area (Å²) in [6.45, 7) is 4.02. The van der Waals surface area contributed by atoms with Crippen molar-refractivity contribution in [3.63, 3.8) is 0 Å². The first-order chi connectivity index (χ1) is 8.61. The Morgan fingerprint density at radius 3 is 2.94 bits per heavy atom. The molecule has 6 heteroatoms. The van der Waals surface area contributed by atoms with Gasteiger partial charge in [-0.2, -0.15) is 0 Å². The zero-order valence-corrected chi connectivity index (χ0v) is 11.9. The minimum absolute atomic E-state index is 0.0932. The van der Waals surface area contributed by atoms with E-state index in [-0.39, 0.29) is 11.9 Å². The number of aryl methyl sites for hydroxylation is 1. The van der Waals surface area contributed by atoms with E-state index >= 15 is 0 Å². The Morgan fingerprint density at radius 2 is 2.39 bits per heavy atom. The van der Waals surface area contributed by atoms with E-state index in [2.05, 4.69) is 17.2 Å². The van der Waals surface area contributed by atoms with Gasteiger partial charge in [-0.15, -0.1) is 22.7 Å². The number of hydrogen-bond acceptors (Lipinski definition) is 5. The normalized spacial score (nSPS) is 12.3. The van der Waals surface area contributed by atoms with Gasteiger partial charge in [-0.05, 0) is 24.8 Å². The third-order valence-electron chi connectivity index (χ3n) is 2.54. The van der Waals surface area contributed by atoms with Gasteiger partial charge >= 0.3 is 0 Å². The van der Waals surface area contributed by atoms with Crippen molar-refractivity contribution >= 4 is 34.3 Å². The summed E-state index contributed by atoms with van der Waals surface area (Å²) in [4.78, 5) is 18.1. The number of nitrogen functional groups attached to an aromatic ring is 1. The Morgan fingerprint density at radius 1 is 1.61 bits per heavy atom. The molecule has 0 bridgehead atoms. The number of nitrogens with two attached hydrogens (primary N) is 1. The molecule has 0 aliphatic rings. The van der Waals surface area contributed by atoms with E-state index < -0.39 is 0 Å². The molecule has 0 spiro atoms. The lowest BCUT2D eigenvalue weighted by Gasteiger charge is -2.10. The number of nitrogens with one attached hydrogen (secondary N) is 1. The van der Waals surface area contributed by atoms with Crippen molar-refractivity contribution in [2.24, 2.45) is 0 Å². The highest BCUT2D eigenvalue weighted by Gasteiger charge is 2.16. The van der Waals surface area contributed by atoms with Crippen LogP contribution in [-0.2, 0) is 6.42 Å². The summed E-state index contributed by atoms with van der Waals surface area (Å²) in [6.07, 6.45) is 2.83. The molecule has 1 unspecified atom stereocenters. The van der Waals surface area contributed by atoms with Crippen LogP contribution in [0.5, 0.6) is 0 Å². The van der Waals surface area contributed by atoms with E-state index in [1.165, 1.54) is 16.2 Å². The molecule has 2 rings (SSSR count). The van der Waals surface area contributed by atoms with Crippen molar-refractivity contribution in [2.75, 3.05) is 5.73 Å². The summed E-state index contributed by atoms with van der Waals surface area (Å²) in [6, 6.07) is 1.65. The van der Waals surface area contributed by atoms with Crippen molar-refractivity contribution in [1.82, 2.24) is 10.3 Å². The second kappa shape index (κ2) is 5.49. The number of rotatable bonds is 4. The number of anilines is 1. The molecule has 0 saturated heterocycles. The highest BCUT2D eigenvalue weighted by atomic mass is 32.1. The zero-order chi connectivity index (χ0) is 13.1. The molecule has 0 fully saturated rings. The summed E-state index contributed by atoms with van der Waals surface area (Å²) in [5.74, 6) is -0.136. The lowest BCUT2D eigenvalue weighted by molar-refractivity contribution is 0.0945. The fourth-order valence-corrected chi connectivity index (χ4v) is 3.09. The zero-order valence-electron chi connectivity index (χ0n) is 10.3. The molecule has 0 aromatic carbocycles. The van der Waals surface area contributed by atoms with E-state index in [0.29, 0.717) is 10.6 Å². The number of thiazole rings is 1. The molecule has 0 aliphatic carbocycles. The number of aromatic nitrogens is 1. The van der Waals surface area contributed by atoms with Gasteiger partial charge in [0.25, 0.3) is 5.91 Å². The van der Waals surface area contributed by atoms with Gasteiger partial charge in [0.05, 0.1) is 11.7 Å². The third kappa shape index (κ3) is 2.70. The van der Waals surface area contributed by atoms with Crippen molar-refractivity contribution < 1.29 is 4.79 Å². The Hall–Kier alpha value is -1.40. The average Bonchev–Trinajstić information content (AvgIpc) is 2.96. The molecule has 4 nitrogen and oxygen atoms in total. The Labute approximate surface area is 114 Å². The van der Waals surface area contributed by atoms with Gasteiger partial charge in [0, 0.05) is 11.1 Å². The maximum absolute atomic E-state index is 12.0. The fourth-order valence-electron chi connectivity index (χ4n) is 1.51. The molecule has 0 aliphatic heterocycles. The molecule has 3 N–H and O–H groups in total. The molecule has 2 heterocycles. The van der Waals surface area contributed by atoms with Crippen LogP contribution in [0.15, 0.2) is 17.6 Å². The van der Waals surface area contributed by atoms with Crippen LogP contribution in [0.4, 0.5) is 5.69 Å². The predicted octanol–water partition coefficient (Wildman–Crippen LogP) is 2.84. The second-order valence-corrected chi connectivity index (χ2v) is 5.98. The van der Waals surface area contributed by atoms with Crippen molar-refractivity contribution in [2.45, 2.75) is 26.3 Å². The molecule has 96 valence electrons. The van der Waals surface area contributed by atoms with Crippen LogP contribution in [0.1, 0.15) is 39.4 Å². The first-order valence-electron chi connectivity index (χ1n) is 5.70. The van der Waals surface area contributed by atoms with Crippen LogP contribution in [0.3, 0.4) is 0 Å². The number of nitrogens with zero attached hydrogens (tertiary/aromatic N) is 1. The minimum atomic E-state index is -0.136. The first-order valence-corrected chi connectivity index (χ1v) is 7.39. The number of thiophene rings is 1. The van der Waals surface area contributed by atoms with E-state index in [1.807, 2.05) is 18.5 Å². The lowest BCUT2D eigenvalue weighted by Crippen LogP contribution is -2.26. The summed E-state index contributed by atoms with van der Waals surface area (Å²) in [7, 11) is 0. The molecule has 1 atom stereocenters. The molecule has 2 aromatic rings. The Kier molecular flexibility index (Phi) is 3.98. The maximum atomic E-state index is 12.0. The van der Waals surface area contributed by atoms with Gasteiger partial charge in [-0.3, -0.25) is 4.79 Å². The fraction of sp³-hybridized carbons (Fsp3) is 0.333. The highest BCUT2D eigenvalue weighted by Crippen LogP contribution is 2.23. The topological polar surface area (TPSA) is 68.0 Å².